The van der Waals surface area contributed by atoms with Gasteiger partial charge in [-0.15, -0.1) is 0 Å². The molecule has 0 atom stereocenters. The third-order valence-corrected chi connectivity index (χ3v) is 5.50. The van der Waals surface area contributed by atoms with E-state index in [0.29, 0.717) is 0 Å². The molecular formula is C28H20O17. The molecule has 11 N–H and O–H groups in total. The minimum atomic E-state index is -1.56. The van der Waals surface area contributed by atoms with Gasteiger partial charge in [0.1, 0.15) is 17.1 Å². The minimum Gasteiger partial charge on any atom is -0.508 e. The van der Waals surface area contributed by atoms with Gasteiger partial charge in [0.15, 0.2) is 46.0 Å². The normalized spacial score (nSPS) is 10.2. The Morgan fingerprint density at radius 2 is 0.956 bits per heavy atom. The zero-order valence-corrected chi connectivity index (χ0v) is 22.1. The number of aromatic carboxylic acids is 2. The van der Waals surface area contributed by atoms with Gasteiger partial charge >= 0.3 is 23.9 Å². The first-order valence-electron chi connectivity index (χ1n) is 11.8. The Labute approximate surface area is 249 Å². The van der Waals surface area contributed by atoms with E-state index in [9.17, 15) is 60.0 Å². The van der Waals surface area contributed by atoms with E-state index in [1.807, 2.05) is 0 Å². The summed E-state index contributed by atoms with van der Waals surface area (Å²) in [6.45, 7) is 0. The molecule has 0 saturated carbocycles. The number of benzene rings is 4. The maximum Gasteiger partial charge on any atom is 0.343 e. The molecule has 0 saturated heterocycles. The Kier molecular flexibility index (Phi) is 9.28. The van der Waals surface area contributed by atoms with Crippen LogP contribution in [0.4, 0.5) is 0 Å². The summed E-state index contributed by atoms with van der Waals surface area (Å²) in [6, 6.07) is 7.87. The third-order valence-electron chi connectivity index (χ3n) is 5.50. The highest BCUT2D eigenvalue weighted by Gasteiger charge is 2.22. The summed E-state index contributed by atoms with van der Waals surface area (Å²) in [5.74, 6) is -12.8. The number of phenolic OH excluding ortho intramolecular Hbond substituents is 8. The fourth-order valence-corrected chi connectivity index (χ4v) is 3.37. The second kappa shape index (κ2) is 12.9. The van der Waals surface area contributed by atoms with Gasteiger partial charge in [0.2, 0.25) is 5.75 Å². The lowest BCUT2D eigenvalue weighted by Crippen LogP contribution is -2.11. The lowest BCUT2D eigenvalue weighted by Gasteiger charge is -2.10. The second-order valence-electron chi connectivity index (χ2n) is 8.64. The highest BCUT2D eigenvalue weighted by Crippen LogP contribution is 2.39. The first-order valence-corrected chi connectivity index (χ1v) is 11.8. The van der Waals surface area contributed by atoms with E-state index in [4.69, 9.17) is 24.8 Å². The van der Waals surface area contributed by atoms with Gasteiger partial charge in [0, 0.05) is 12.1 Å². The smallest absolute Gasteiger partial charge is 0.343 e. The van der Waals surface area contributed by atoms with E-state index in [0.717, 1.165) is 54.6 Å². The predicted octanol–water partition coefficient (Wildman–Crippen LogP) is 2.56. The van der Waals surface area contributed by atoms with Crippen molar-refractivity contribution in [2.45, 2.75) is 0 Å². The first-order chi connectivity index (χ1) is 21.0. The fourth-order valence-electron chi connectivity index (χ4n) is 3.37. The summed E-state index contributed by atoms with van der Waals surface area (Å²) < 4.78 is 9.55. The van der Waals surface area contributed by atoms with Crippen LogP contribution in [0, 0.1) is 0 Å². The van der Waals surface area contributed by atoms with Gasteiger partial charge in [-0.1, -0.05) is 0 Å². The van der Waals surface area contributed by atoms with Crippen LogP contribution < -0.4 is 9.47 Å². The highest BCUT2D eigenvalue weighted by atomic mass is 16.5. The molecule has 0 radical (unpaired) electrons. The number of esters is 2. The molecule has 0 aliphatic rings. The fraction of sp³-hybridized carbons (Fsp3) is 0. The minimum absolute atomic E-state index is 0.172. The Morgan fingerprint density at radius 3 is 1.51 bits per heavy atom. The SMILES string of the molecule is O=C(O)c1cc(O)c(O)c(OC(=O)c2cc(O)c(O)c(O)c2)c1.O=C(Oc1cc(O)cc(O)c1C(=O)O)c1ccc(O)c(O)c1. The van der Waals surface area contributed by atoms with Crippen molar-refractivity contribution in [3.8, 4) is 63.2 Å². The number of carboxylic acids is 2. The molecule has 0 aliphatic carbocycles. The van der Waals surface area contributed by atoms with E-state index in [-0.39, 0.29) is 5.56 Å². The molecule has 0 aromatic heterocycles. The topological polar surface area (TPSA) is 309 Å². The molecule has 0 aliphatic heterocycles. The number of carboxylic acid groups (broad SMARTS) is 2. The molecule has 0 spiro atoms. The summed E-state index contributed by atoms with van der Waals surface area (Å²) in [5.41, 5.74) is -1.71. The number of phenols is 9. The molecular weight excluding hydrogens is 608 g/mol. The van der Waals surface area contributed by atoms with Crippen molar-refractivity contribution in [2.24, 2.45) is 0 Å². The van der Waals surface area contributed by atoms with E-state index in [2.05, 4.69) is 0 Å². The number of carbonyl (C=O) groups excluding carboxylic acids is 2. The van der Waals surface area contributed by atoms with Crippen molar-refractivity contribution in [3.05, 3.63) is 76.9 Å². The van der Waals surface area contributed by atoms with Crippen molar-refractivity contribution >= 4 is 23.9 Å². The van der Waals surface area contributed by atoms with Gasteiger partial charge in [0.25, 0.3) is 0 Å². The second-order valence-corrected chi connectivity index (χ2v) is 8.64. The molecule has 4 aromatic rings. The third kappa shape index (κ3) is 7.43. The van der Waals surface area contributed by atoms with Crippen molar-refractivity contribution in [1.82, 2.24) is 0 Å². The molecule has 0 unspecified atom stereocenters. The van der Waals surface area contributed by atoms with Crippen LogP contribution in [-0.2, 0) is 0 Å². The summed E-state index contributed by atoms with van der Waals surface area (Å²) in [7, 11) is 0. The molecule has 0 bridgehead atoms. The zero-order valence-electron chi connectivity index (χ0n) is 22.1. The average molecular weight is 628 g/mol. The lowest BCUT2D eigenvalue weighted by atomic mass is 10.1. The number of hydrogen-bond donors (Lipinski definition) is 11. The highest BCUT2D eigenvalue weighted by molar-refractivity contribution is 5.98. The summed E-state index contributed by atoms with van der Waals surface area (Å²) in [4.78, 5) is 45.7. The van der Waals surface area contributed by atoms with Crippen molar-refractivity contribution < 1.29 is 84.8 Å². The van der Waals surface area contributed by atoms with Gasteiger partial charge in [-0.25, -0.2) is 19.2 Å². The van der Waals surface area contributed by atoms with E-state index >= 15 is 0 Å². The number of hydrogen-bond acceptors (Lipinski definition) is 15. The van der Waals surface area contributed by atoms with Crippen LogP contribution in [0.2, 0.25) is 0 Å². The van der Waals surface area contributed by atoms with Crippen LogP contribution in [-0.4, -0.2) is 80.0 Å². The number of ether oxygens (including phenoxy) is 2. The van der Waals surface area contributed by atoms with Crippen LogP contribution in [0.1, 0.15) is 41.4 Å². The molecule has 45 heavy (non-hydrogen) atoms. The monoisotopic (exact) mass is 628 g/mol. The van der Waals surface area contributed by atoms with Crippen LogP contribution >= 0.6 is 0 Å². The van der Waals surface area contributed by atoms with Crippen molar-refractivity contribution in [2.75, 3.05) is 0 Å². The lowest BCUT2D eigenvalue weighted by molar-refractivity contribution is 0.0669. The Morgan fingerprint density at radius 1 is 0.444 bits per heavy atom. The molecule has 4 rings (SSSR count). The van der Waals surface area contributed by atoms with E-state index in [1.54, 1.807) is 0 Å². The maximum absolute atomic E-state index is 11.9. The van der Waals surface area contributed by atoms with Gasteiger partial charge < -0.3 is 65.6 Å². The molecule has 17 heteroatoms. The Hall–Kier alpha value is -7.04. The van der Waals surface area contributed by atoms with Crippen LogP contribution in [0.25, 0.3) is 0 Å². The van der Waals surface area contributed by atoms with E-state index in [1.165, 1.54) is 0 Å². The van der Waals surface area contributed by atoms with Gasteiger partial charge in [-0.05, 0) is 42.5 Å². The van der Waals surface area contributed by atoms with Crippen LogP contribution in [0.15, 0.2) is 54.6 Å². The molecule has 17 nitrogen and oxygen atoms in total. The number of carbonyl (C=O) groups is 4. The summed E-state index contributed by atoms with van der Waals surface area (Å²) in [5, 5.41) is 102. The average Bonchev–Trinajstić information content (AvgIpc) is 2.94. The van der Waals surface area contributed by atoms with E-state index < -0.39 is 104 Å². The Balaban J connectivity index is 0.000000246. The predicted molar refractivity (Wildman–Crippen MR) is 145 cm³/mol. The molecule has 234 valence electrons. The van der Waals surface area contributed by atoms with Crippen LogP contribution in [0.5, 0.6) is 63.2 Å². The van der Waals surface area contributed by atoms with Crippen molar-refractivity contribution in [3.63, 3.8) is 0 Å². The van der Waals surface area contributed by atoms with Gasteiger partial charge in [0.05, 0.1) is 16.7 Å². The van der Waals surface area contributed by atoms with Crippen molar-refractivity contribution in [1.29, 1.82) is 0 Å². The summed E-state index contributed by atoms with van der Waals surface area (Å²) >= 11 is 0. The van der Waals surface area contributed by atoms with Gasteiger partial charge in [-0.2, -0.15) is 0 Å². The molecule has 0 heterocycles. The quantitative estimate of drug-likeness (QED) is 0.0830. The summed E-state index contributed by atoms with van der Waals surface area (Å²) in [6.07, 6.45) is 0. The maximum atomic E-state index is 11.9. The molecule has 0 amide bonds. The molecule has 0 fully saturated rings. The number of aromatic hydroxyl groups is 9. The standard InChI is InChI=1S/C14H10O9.C14H10O8/c15-7-2-6(3-8(16)11(7)18)14(22)23-10-4-5(13(20)21)1-9(17)12(10)19;15-7-4-10(18)12(13(19)20)11(5-7)22-14(21)6-1-2-8(16)9(17)3-6/h1-4,15-19H,(H,20,21);1-5,15-18H,(H,19,20). The van der Waals surface area contributed by atoms with Gasteiger partial charge in [-0.3, -0.25) is 0 Å². The molecule has 4 aromatic carbocycles. The Bertz CT molecular complexity index is 1820. The number of rotatable bonds is 6. The first kappa shape index (κ1) is 32.5. The zero-order chi connectivity index (χ0) is 33.7. The largest absolute Gasteiger partial charge is 0.508 e. The van der Waals surface area contributed by atoms with Crippen LogP contribution in [0.3, 0.4) is 0 Å².